The van der Waals surface area contributed by atoms with Gasteiger partial charge in [-0.25, -0.2) is 8.42 Å². The number of alkyl halides is 1. The van der Waals surface area contributed by atoms with Gasteiger partial charge < -0.3 is 0 Å². The van der Waals surface area contributed by atoms with Gasteiger partial charge in [0.15, 0.2) is 9.84 Å². The lowest BCUT2D eigenvalue weighted by Gasteiger charge is -2.19. The molecule has 0 heterocycles. The smallest absolute Gasteiger partial charge is 0.155 e. The zero-order chi connectivity index (χ0) is 11.4. The standard InChI is InChI=1S/C10H21ClO2S/c1-9(8-11)6-5-7-14(12,13)10(2,3)4/h9H,5-8H2,1-4H3. The van der Waals surface area contributed by atoms with Crippen LogP contribution in [0.4, 0.5) is 0 Å². The molecule has 0 aromatic rings. The normalized spacial score (nSPS) is 15.5. The lowest BCUT2D eigenvalue weighted by atomic mass is 10.1. The quantitative estimate of drug-likeness (QED) is 0.693. The Kier molecular flexibility index (Phi) is 5.45. The van der Waals surface area contributed by atoms with Crippen molar-refractivity contribution in [3.8, 4) is 0 Å². The average Bonchev–Trinajstić information content (AvgIpc) is 2.01. The maximum atomic E-state index is 11.7. The van der Waals surface area contributed by atoms with E-state index < -0.39 is 14.6 Å². The molecule has 0 amide bonds. The fourth-order valence-corrected chi connectivity index (χ4v) is 2.32. The molecule has 1 unspecified atom stereocenters. The lowest BCUT2D eigenvalue weighted by molar-refractivity contribution is 0.542. The molecule has 0 saturated heterocycles. The first kappa shape index (κ1) is 14.2. The van der Waals surface area contributed by atoms with Crippen LogP contribution in [0.3, 0.4) is 0 Å². The predicted octanol–water partition coefficient (Wildman–Crippen LogP) is 2.85. The van der Waals surface area contributed by atoms with Gasteiger partial charge in [0, 0.05) is 5.88 Å². The van der Waals surface area contributed by atoms with E-state index in [-0.39, 0.29) is 5.75 Å². The second kappa shape index (κ2) is 5.36. The van der Waals surface area contributed by atoms with Gasteiger partial charge in [0.25, 0.3) is 0 Å². The number of halogens is 1. The maximum absolute atomic E-state index is 11.7. The number of rotatable bonds is 5. The maximum Gasteiger partial charge on any atom is 0.155 e. The second-order valence-corrected chi connectivity index (χ2v) is 8.00. The second-order valence-electron chi connectivity index (χ2n) is 4.83. The molecule has 0 spiro atoms. The van der Waals surface area contributed by atoms with Crippen molar-refractivity contribution in [2.75, 3.05) is 11.6 Å². The van der Waals surface area contributed by atoms with E-state index >= 15 is 0 Å². The van der Waals surface area contributed by atoms with Crippen LogP contribution >= 0.6 is 11.6 Å². The third kappa shape index (κ3) is 4.65. The van der Waals surface area contributed by atoms with Crippen LogP contribution in [-0.2, 0) is 9.84 Å². The molecule has 0 fully saturated rings. The molecule has 0 aliphatic carbocycles. The molecule has 0 bridgehead atoms. The van der Waals surface area contributed by atoms with Crippen molar-refractivity contribution >= 4 is 21.4 Å². The topological polar surface area (TPSA) is 34.1 Å². The lowest BCUT2D eigenvalue weighted by Crippen LogP contribution is -2.30. The van der Waals surface area contributed by atoms with E-state index in [4.69, 9.17) is 11.6 Å². The summed E-state index contributed by atoms with van der Waals surface area (Å²) in [5, 5.41) is 0. The molecule has 0 N–H and O–H groups in total. The molecule has 0 rings (SSSR count). The minimum absolute atomic E-state index is 0.276. The third-order valence-corrected chi connectivity index (χ3v) is 5.53. The van der Waals surface area contributed by atoms with Gasteiger partial charge >= 0.3 is 0 Å². The Hall–Kier alpha value is 0.240. The predicted molar refractivity (Wildman–Crippen MR) is 62.7 cm³/mol. The highest BCUT2D eigenvalue weighted by Gasteiger charge is 2.28. The van der Waals surface area contributed by atoms with Gasteiger partial charge in [0.1, 0.15) is 0 Å². The highest BCUT2D eigenvalue weighted by molar-refractivity contribution is 7.92. The summed E-state index contributed by atoms with van der Waals surface area (Å²) in [6.07, 6.45) is 1.60. The Labute approximate surface area is 93.0 Å². The van der Waals surface area contributed by atoms with Crippen LogP contribution in [0.15, 0.2) is 0 Å². The summed E-state index contributed by atoms with van der Waals surface area (Å²) in [6.45, 7) is 7.27. The van der Waals surface area contributed by atoms with Crippen LogP contribution in [0.2, 0.25) is 0 Å². The van der Waals surface area contributed by atoms with E-state index in [2.05, 4.69) is 0 Å². The molecule has 0 radical (unpaired) electrons. The molecule has 0 aliphatic heterocycles. The molecule has 0 aliphatic rings. The Morgan fingerprint density at radius 3 is 2.14 bits per heavy atom. The molecule has 0 aromatic carbocycles. The monoisotopic (exact) mass is 240 g/mol. The first-order chi connectivity index (χ1) is 6.20. The third-order valence-electron chi connectivity index (χ3n) is 2.31. The summed E-state index contributed by atoms with van der Waals surface area (Å²) in [4.78, 5) is 0. The summed E-state index contributed by atoms with van der Waals surface area (Å²) in [7, 11) is -2.94. The Bertz CT molecular complexity index is 252. The molecule has 1 atom stereocenters. The van der Waals surface area contributed by atoms with Gasteiger partial charge in [-0.15, -0.1) is 11.6 Å². The fraction of sp³-hybridized carbons (Fsp3) is 1.00. The van der Waals surface area contributed by atoms with E-state index in [0.29, 0.717) is 18.2 Å². The zero-order valence-corrected chi connectivity index (χ0v) is 11.1. The summed E-state index contributed by atoms with van der Waals surface area (Å²) < 4.78 is 22.8. The molecular formula is C10H21ClO2S. The first-order valence-corrected chi connectivity index (χ1v) is 7.17. The van der Waals surface area contributed by atoms with Crippen LogP contribution in [0, 0.1) is 5.92 Å². The summed E-state index contributed by atoms with van der Waals surface area (Å²) in [5.41, 5.74) is 0. The first-order valence-electron chi connectivity index (χ1n) is 4.99. The minimum Gasteiger partial charge on any atom is -0.228 e. The van der Waals surface area contributed by atoms with Gasteiger partial charge in [-0.3, -0.25) is 0 Å². The van der Waals surface area contributed by atoms with E-state index in [0.717, 1.165) is 6.42 Å². The number of sulfone groups is 1. The van der Waals surface area contributed by atoms with E-state index in [1.165, 1.54) is 0 Å². The van der Waals surface area contributed by atoms with Gasteiger partial charge in [-0.1, -0.05) is 6.92 Å². The van der Waals surface area contributed by atoms with Crippen molar-refractivity contribution in [3.63, 3.8) is 0 Å². The molecule has 4 heteroatoms. The summed E-state index contributed by atoms with van der Waals surface area (Å²) >= 11 is 5.64. The zero-order valence-electron chi connectivity index (χ0n) is 9.51. The molecule has 0 aromatic heterocycles. The van der Waals surface area contributed by atoms with Gasteiger partial charge in [-0.2, -0.15) is 0 Å². The molecular weight excluding hydrogens is 220 g/mol. The Morgan fingerprint density at radius 2 is 1.79 bits per heavy atom. The van der Waals surface area contributed by atoms with Gasteiger partial charge in [-0.05, 0) is 39.5 Å². The van der Waals surface area contributed by atoms with Crippen molar-refractivity contribution in [3.05, 3.63) is 0 Å². The largest absolute Gasteiger partial charge is 0.228 e. The molecule has 2 nitrogen and oxygen atoms in total. The van der Waals surface area contributed by atoms with Crippen LogP contribution in [-0.4, -0.2) is 24.8 Å². The average molecular weight is 241 g/mol. The van der Waals surface area contributed by atoms with E-state index in [1.54, 1.807) is 20.8 Å². The SMILES string of the molecule is CC(CCl)CCCS(=O)(=O)C(C)(C)C. The number of hydrogen-bond donors (Lipinski definition) is 0. The van der Waals surface area contributed by atoms with E-state index in [1.807, 2.05) is 6.92 Å². The minimum atomic E-state index is -2.94. The van der Waals surface area contributed by atoms with Crippen molar-refractivity contribution in [1.82, 2.24) is 0 Å². The highest BCUT2D eigenvalue weighted by atomic mass is 35.5. The Morgan fingerprint density at radius 1 is 1.29 bits per heavy atom. The molecule has 0 saturated carbocycles. The van der Waals surface area contributed by atoms with Gasteiger partial charge in [0.2, 0.25) is 0 Å². The summed E-state index contributed by atoms with van der Waals surface area (Å²) in [5.74, 6) is 1.29. The van der Waals surface area contributed by atoms with E-state index in [9.17, 15) is 8.42 Å². The summed E-state index contributed by atoms with van der Waals surface area (Å²) in [6, 6.07) is 0. The van der Waals surface area contributed by atoms with Crippen LogP contribution < -0.4 is 0 Å². The molecule has 86 valence electrons. The number of hydrogen-bond acceptors (Lipinski definition) is 2. The fourth-order valence-electron chi connectivity index (χ4n) is 1.01. The van der Waals surface area contributed by atoms with Gasteiger partial charge in [0.05, 0.1) is 10.5 Å². The van der Waals surface area contributed by atoms with Crippen molar-refractivity contribution in [2.24, 2.45) is 5.92 Å². The van der Waals surface area contributed by atoms with Crippen LogP contribution in [0.5, 0.6) is 0 Å². The van der Waals surface area contributed by atoms with Crippen molar-refractivity contribution in [2.45, 2.75) is 45.3 Å². The highest BCUT2D eigenvalue weighted by Crippen LogP contribution is 2.18. The van der Waals surface area contributed by atoms with Crippen molar-refractivity contribution in [1.29, 1.82) is 0 Å². The van der Waals surface area contributed by atoms with Crippen LogP contribution in [0.25, 0.3) is 0 Å². The van der Waals surface area contributed by atoms with Crippen LogP contribution in [0.1, 0.15) is 40.5 Å². The van der Waals surface area contributed by atoms with Crippen molar-refractivity contribution < 1.29 is 8.42 Å². The Balaban J connectivity index is 4.03. The molecule has 14 heavy (non-hydrogen) atoms.